The number of hydrazine groups is 1. The van der Waals surface area contributed by atoms with Crippen molar-refractivity contribution in [3.05, 3.63) is 30.1 Å². The molecule has 0 spiro atoms. The van der Waals surface area contributed by atoms with Crippen molar-refractivity contribution in [2.45, 2.75) is 44.9 Å². The van der Waals surface area contributed by atoms with Crippen LogP contribution in [0.15, 0.2) is 24.3 Å². The summed E-state index contributed by atoms with van der Waals surface area (Å²) in [4.78, 5) is 12.4. The largest absolute Gasteiger partial charge is 0.329 e. The monoisotopic (exact) mass is 361 g/mol. The Morgan fingerprint density at radius 3 is 2.28 bits per heavy atom. The molecule has 134 valence electrons. The van der Waals surface area contributed by atoms with Gasteiger partial charge in [-0.25, -0.2) is 4.39 Å². The molecule has 0 atom stereocenters. The van der Waals surface area contributed by atoms with E-state index < -0.39 is 0 Å². The first-order chi connectivity index (χ1) is 12.0. The van der Waals surface area contributed by atoms with Crippen LogP contribution in [0.3, 0.4) is 0 Å². The smallest absolute Gasteiger partial charge is 0.238 e. The molecule has 1 aromatic rings. The number of carbonyl (C=O) groups is 1. The Morgan fingerprint density at radius 1 is 1.08 bits per heavy atom. The minimum atomic E-state index is -0.383. The molecule has 0 radical (unpaired) electrons. The van der Waals surface area contributed by atoms with Crippen LogP contribution >= 0.6 is 12.2 Å². The maximum atomic E-state index is 13.6. The third-order valence-electron chi connectivity index (χ3n) is 6.14. The van der Waals surface area contributed by atoms with Crippen molar-refractivity contribution in [3.63, 3.8) is 0 Å². The molecule has 4 aliphatic carbocycles. The zero-order valence-corrected chi connectivity index (χ0v) is 15.0. The van der Waals surface area contributed by atoms with Gasteiger partial charge in [0.1, 0.15) is 5.82 Å². The van der Waals surface area contributed by atoms with Crippen LogP contribution in [0, 0.1) is 29.0 Å². The lowest BCUT2D eigenvalue weighted by Gasteiger charge is -2.56. The highest BCUT2D eigenvalue weighted by molar-refractivity contribution is 7.80. The highest BCUT2D eigenvalue weighted by atomic mass is 32.1. The summed E-state index contributed by atoms with van der Waals surface area (Å²) in [6.07, 6.45) is 8.27. The van der Waals surface area contributed by atoms with Gasteiger partial charge >= 0.3 is 0 Å². The topological polar surface area (TPSA) is 53.2 Å². The number of nitrogens with one attached hydrogen (secondary N) is 3. The average molecular weight is 361 g/mol. The molecule has 4 saturated carbocycles. The van der Waals surface area contributed by atoms with Gasteiger partial charge < -0.3 is 5.32 Å². The molecule has 3 N–H and O–H groups in total. The molecule has 1 amide bonds. The second kappa shape index (κ2) is 6.56. The van der Waals surface area contributed by atoms with Gasteiger partial charge in [-0.1, -0.05) is 12.1 Å². The molecule has 0 saturated heterocycles. The Balaban J connectivity index is 1.28. The normalized spacial score (nSPS) is 32.3. The van der Waals surface area contributed by atoms with E-state index in [9.17, 15) is 9.18 Å². The van der Waals surface area contributed by atoms with Gasteiger partial charge in [0.05, 0.1) is 5.69 Å². The number of para-hydroxylation sites is 1. The summed E-state index contributed by atoms with van der Waals surface area (Å²) in [5, 5.41) is 2.94. The first-order valence-electron chi connectivity index (χ1n) is 9.12. The number of hydrogen-bond donors (Lipinski definition) is 3. The van der Waals surface area contributed by atoms with Crippen molar-refractivity contribution in [1.82, 2.24) is 10.9 Å². The zero-order chi connectivity index (χ0) is 17.4. The molecule has 6 heteroatoms. The van der Waals surface area contributed by atoms with E-state index >= 15 is 0 Å². The second-order valence-electron chi connectivity index (χ2n) is 8.20. The predicted octanol–water partition coefficient (Wildman–Crippen LogP) is 3.75. The van der Waals surface area contributed by atoms with E-state index in [1.807, 2.05) is 0 Å². The zero-order valence-electron chi connectivity index (χ0n) is 14.2. The number of benzene rings is 1. The fourth-order valence-electron chi connectivity index (χ4n) is 5.73. The number of hydrogen-bond acceptors (Lipinski definition) is 2. The minimum absolute atomic E-state index is 0.0281. The van der Waals surface area contributed by atoms with Crippen LogP contribution in [0.1, 0.15) is 44.9 Å². The Kier molecular flexibility index (Phi) is 4.40. The van der Waals surface area contributed by atoms with Crippen LogP contribution in [0.5, 0.6) is 0 Å². The molecule has 4 bridgehead atoms. The minimum Gasteiger partial charge on any atom is -0.329 e. The van der Waals surface area contributed by atoms with Crippen molar-refractivity contribution < 1.29 is 9.18 Å². The van der Waals surface area contributed by atoms with Crippen molar-refractivity contribution in [1.29, 1.82) is 0 Å². The number of rotatable bonds is 3. The number of amides is 1. The van der Waals surface area contributed by atoms with Crippen LogP contribution in [-0.2, 0) is 4.79 Å². The Labute approximate surface area is 152 Å². The van der Waals surface area contributed by atoms with E-state index in [1.54, 1.807) is 18.2 Å². The third-order valence-corrected chi connectivity index (χ3v) is 6.34. The standard InChI is InChI=1S/C19H24FN3OS/c20-15-3-1-2-4-16(15)21-18(25)23-22-17(24)11-19-8-12-5-13(9-19)7-14(6-12)10-19/h1-4,12-14H,5-11H2,(H,22,24)(H2,21,23,25). The van der Waals surface area contributed by atoms with Crippen molar-refractivity contribution in [3.8, 4) is 0 Å². The molecule has 0 heterocycles. The van der Waals surface area contributed by atoms with Gasteiger partial charge in [-0.2, -0.15) is 0 Å². The van der Waals surface area contributed by atoms with Crippen LogP contribution in [0.4, 0.5) is 10.1 Å². The quantitative estimate of drug-likeness (QED) is 0.567. The van der Waals surface area contributed by atoms with E-state index in [-0.39, 0.29) is 27.9 Å². The molecule has 0 aromatic heterocycles. The van der Waals surface area contributed by atoms with Crippen LogP contribution in [0.25, 0.3) is 0 Å². The maximum Gasteiger partial charge on any atom is 0.238 e. The second-order valence-corrected chi connectivity index (χ2v) is 8.61. The fourth-order valence-corrected chi connectivity index (χ4v) is 5.89. The Morgan fingerprint density at radius 2 is 1.68 bits per heavy atom. The molecule has 0 unspecified atom stereocenters. The third kappa shape index (κ3) is 3.64. The van der Waals surface area contributed by atoms with E-state index in [2.05, 4.69) is 16.2 Å². The molecule has 4 nitrogen and oxygen atoms in total. The van der Waals surface area contributed by atoms with Gasteiger partial charge in [0.25, 0.3) is 0 Å². The molecule has 4 aliphatic rings. The summed E-state index contributed by atoms with van der Waals surface area (Å²) >= 11 is 5.13. The van der Waals surface area contributed by atoms with Crippen molar-refractivity contribution in [2.24, 2.45) is 23.2 Å². The summed E-state index contributed by atoms with van der Waals surface area (Å²) in [6, 6.07) is 6.29. The Bertz CT molecular complexity index is 658. The SMILES string of the molecule is O=C(CC12CC3CC(CC(C3)C1)C2)NNC(=S)Nc1ccccc1F. The lowest BCUT2D eigenvalue weighted by molar-refractivity contribution is -0.129. The van der Waals surface area contributed by atoms with Crippen molar-refractivity contribution >= 4 is 28.9 Å². The molecular formula is C19H24FN3OS. The first-order valence-corrected chi connectivity index (χ1v) is 9.52. The van der Waals surface area contributed by atoms with Crippen LogP contribution in [0.2, 0.25) is 0 Å². The van der Waals surface area contributed by atoms with Crippen LogP contribution in [-0.4, -0.2) is 11.0 Å². The lowest BCUT2D eigenvalue weighted by Crippen LogP contribution is -2.50. The van der Waals surface area contributed by atoms with Gasteiger partial charge in [-0.15, -0.1) is 0 Å². The van der Waals surface area contributed by atoms with Crippen molar-refractivity contribution in [2.75, 3.05) is 5.32 Å². The highest BCUT2D eigenvalue weighted by Crippen LogP contribution is 2.61. The first kappa shape index (κ1) is 16.8. The summed E-state index contributed by atoms with van der Waals surface area (Å²) in [5.74, 6) is 2.08. The predicted molar refractivity (Wildman–Crippen MR) is 99.1 cm³/mol. The average Bonchev–Trinajstić information content (AvgIpc) is 2.53. The van der Waals surface area contributed by atoms with Gasteiger partial charge in [0.2, 0.25) is 5.91 Å². The molecule has 0 aliphatic heterocycles. The van der Waals surface area contributed by atoms with E-state index in [0.29, 0.717) is 6.42 Å². The molecule has 5 rings (SSSR count). The number of carbonyl (C=O) groups excluding carboxylic acids is 1. The molecule has 4 fully saturated rings. The molecule has 1 aromatic carbocycles. The highest BCUT2D eigenvalue weighted by Gasteiger charge is 2.51. The molecule has 25 heavy (non-hydrogen) atoms. The maximum absolute atomic E-state index is 13.6. The summed E-state index contributed by atoms with van der Waals surface area (Å²) < 4.78 is 13.6. The van der Waals surface area contributed by atoms with Crippen LogP contribution < -0.4 is 16.2 Å². The van der Waals surface area contributed by atoms with Gasteiger partial charge in [-0.05, 0) is 86.0 Å². The van der Waals surface area contributed by atoms with E-state index in [4.69, 9.17) is 12.2 Å². The number of thiocarbonyl (C=S) groups is 1. The summed E-state index contributed by atoms with van der Waals surface area (Å²) in [7, 11) is 0. The van der Waals surface area contributed by atoms with Gasteiger partial charge in [0, 0.05) is 6.42 Å². The van der Waals surface area contributed by atoms with E-state index in [0.717, 1.165) is 17.8 Å². The molecular weight excluding hydrogens is 337 g/mol. The van der Waals surface area contributed by atoms with Gasteiger partial charge in [0.15, 0.2) is 5.11 Å². The fraction of sp³-hybridized carbons (Fsp3) is 0.579. The van der Waals surface area contributed by atoms with E-state index in [1.165, 1.54) is 44.6 Å². The number of halogens is 1. The van der Waals surface area contributed by atoms with Gasteiger partial charge in [-0.3, -0.25) is 15.6 Å². The number of anilines is 1. The summed E-state index contributed by atoms with van der Waals surface area (Å²) in [6.45, 7) is 0. The Hall–Kier alpha value is -1.69. The lowest BCUT2D eigenvalue weighted by atomic mass is 9.49. The summed E-state index contributed by atoms with van der Waals surface area (Å²) in [5.41, 5.74) is 5.86.